The number of benzene rings is 3. The molecule has 0 aliphatic rings. The van der Waals surface area contributed by atoms with Crippen molar-refractivity contribution in [2.24, 2.45) is 0 Å². The van der Waals surface area contributed by atoms with Crippen LogP contribution in [0, 0.1) is 0 Å². The first-order valence-corrected chi connectivity index (χ1v) is 11.1. The number of nitrogens with one attached hydrogen (secondary N) is 1. The SMILES string of the molecule is COc1ccc(OC)c(-c2csc(NC(=O)c3ccc(-n4cnc5ccccc54)cc3)n2)c1. The number of carbonyl (C=O) groups excluding carboxylic acids is 1. The number of methoxy groups -OCH3 is 2. The number of carbonyl (C=O) groups is 1. The Balaban J connectivity index is 1.34. The van der Waals surface area contributed by atoms with E-state index in [2.05, 4.69) is 15.3 Å². The number of aromatic nitrogens is 3. The molecule has 0 saturated carbocycles. The highest BCUT2D eigenvalue weighted by Gasteiger charge is 2.14. The van der Waals surface area contributed by atoms with Gasteiger partial charge in [0.25, 0.3) is 5.91 Å². The monoisotopic (exact) mass is 456 g/mol. The zero-order valence-corrected chi connectivity index (χ0v) is 18.8. The van der Waals surface area contributed by atoms with Crippen LogP contribution >= 0.6 is 11.3 Å². The van der Waals surface area contributed by atoms with Crippen molar-refractivity contribution in [3.05, 3.63) is 84.0 Å². The lowest BCUT2D eigenvalue weighted by Gasteiger charge is -2.08. The zero-order valence-electron chi connectivity index (χ0n) is 18.0. The molecule has 0 aliphatic carbocycles. The standard InChI is InChI=1S/C25H20N4O3S/c1-31-18-11-12-23(32-2)19(13-18)21-14-33-25(27-21)28-24(30)16-7-9-17(10-8-16)29-15-26-20-5-3-4-6-22(20)29/h3-15H,1-2H3,(H,27,28,30). The highest BCUT2D eigenvalue weighted by atomic mass is 32.1. The van der Waals surface area contributed by atoms with Crippen LogP contribution in [0.2, 0.25) is 0 Å². The number of anilines is 1. The van der Waals surface area contributed by atoms with Crippen LogP contribution in [-0.2, 0) is 0 Å². The van der Waals surface area contributed by atoms with Crippen molar-refractivity contribution in [1.82, 2.24) is 14.5 Å². The average molecular weight is 457 g/mol. The first kappa shape index (κ1) is 20.7. The molecule has 1 amide bonds. The summed E-state index contributed by atoms with van der Waals surface area (Å²) in [7, 11) is 3.22. The van der Waals surface area contributed by atoms with Crippen LogP contribution in [0.25, 0.3) is 28.0 Å². The Morgan fingerprint density at radius 2 is 1.82 bits per heavy atom. The van der Waals surface area contributed by atoms with Gasteiger partial charge in [-0.1, -0.05) is 12.1 Å². The van der Waals surface area contributed by atoms with Crippen LogP contribution in [0.3, 0.4) is 0 Å². The fourth-order valence-corrected chi connectivity index (χ4v) is 4.28. The number of thiazole rings is 1. The molecule has 0 spiro atoms. The van der Waals surface area contributed by atoms with Gasteiger partial charge in [0.2, 0.25) is 0 Å². The molecule has 5 aromatic rings. The van der Waals surface area contributed by atoms with E-state index >= 15 is 0 Å². The second-order valence-electron chi connectivity index (χ2n) is 7.21. The molecule has 0 bridgehead atoms. The highest BCUT2D eigenvalue weighted by Crippen LogP contribution is 2.35. The lowest BCUT2D eigenvalue weighted by molar-refractivity contribution is 0.102. The van der Waals surface area contributed by atoms with Crippen LogP contribution < -0.4 is 14.8 Å². The Labute approximate surface area is 194 Å². The number of para-hydroxylation sites is 2. The third-order valence-electron chi connectivity index (χ3n) is 5.27. The van der Waals surface area contributed by atoms with Crippen LogP contribution in [0.5, 0.6) is 11.5 Å². The predicted molar refractivity (Wildman–Crippen MR) is 130 cm³/mol. The maximum atomic E-state index is 12.8. The van der Waals surface area contributed by atoms with Gasteiger partial charge in [-0.15, -0.1) is 11.3 Å². The van der Waals surface area contributed by atoms with Crippen LogP contribution in [0.1, 0.15) is 10.4 Å². The molecule has 8 heteroatoms. The van der Waals surface area contributed by atoms with E-state index in [0.29, 0.717) is 27.9 Å². The molecule has 5 rings (SSSR count). The number of imidazole rings is 1. The van der Waals surface area contributed by atoms with Crippen LogP contribution in [-0.4, -0.2) is 34.7 Å². The number of hydrogen-bond acceptors (Lipinski definition) is 6. The number of ether oxygens (including phenoxy) is 2. The average Bonchev–Trinajstić information content (AvgIpc) is 3.51. The summed E-state index contributed by atoms with van der Waals surface area (Å²) in [5.41, 5.74) is 4.91. The number of hydrogen-bond donors (Lipinski definition) is 1. The first-order chi connectivity index (χ1) is 16.2. The summed E-state index contributed by atoms with van der Waals surface area (Å²) in [6.07, 6.45) is 1.78. The molecule has 33 heavy (non-hydrogen) atoms. The van der Waals surface area contributed by atoms with Crippen molar-refractivity contribution in [3.8, 4) is 28.4 Å². The molecule has 164 valence electrons. The van der Waals surface area contributed by atoms with E-state index in [1.165, 1.54) is 11.3 Å². The predicted octanol–water partition coefficient (Wildman–Crippen LogP) is 5.42. The first-order valence-electron chi connectivity index (χ1n) is 10.2. The molecule has 3 aromatic carbocycles. The summed E-state index contributed by atoms with van der Waals surface area (Å²) in [5.74, 6) is 1.16. The molecule has 0 aliphatic heterocycles. The second kappa shape index (κ2) is 8.76. The highest BCUT2D eigenvalue weighted by molar-refractivity contribution is 7.14. The van der Waals surface area contributed by atoms with Gasteiger partial charge in [-0.05, 0) is 54.6 Å². The molecule has 0 fully saturated rings. The number of fused-ring (bicyclic) bond motifs is 1. The topological polar surface area (TPSA) is 78.3 Å². The molecule has 0 radical (unpaired) electrons. The van der Waals surface area contributed by atoms with E-state index < -0.39 is 0 Å². The van der Waals surface area contributed by atoms with Gasteiger partial charge >= 0.3 is 0 Å². The van der Waals surface area contributed by atoms with Crippen molar-refractivity contribution in [2.75, 3.05) is 19.5 Å². The quantitative estimate of drug-likeness (QED) is 0.369. The van der Waals surface area contributed by atoms with Gasteiger partial charge in [-0.25, -0.2) is 9.97 Å². The zero-order chi connectivity index (χ0) is 22.8. The molecule has 7 nitrogen and oxygen atoms in total. The van der Waals surface area contributed by atoms with Gasteiger partial charge in [0, 0.05) is 22.2 Å². The van der Waals surface area contributed by atoms with Gasteiger partial charge in [0.15, 0.2) is 5.13 Å². The third kappa shape index (κ3) is 4.04. The minimum Gasteiger partial charge on any atom is -0.497 e. The smallest absolute Gasteiger partial charge is 0.257 e. The maximum Gasteiger partial charge on any atom is 0.257 e. The lowest BCUT2D eigenvalue weighted by Crippen LogP contribution is -2.11. The summed E-state index contributed by atoms with van der Waals surface area (Å²) < 4.78 is 12.7. The van der Waals surface area contributed by atoms with Crippen molar-refractivity contribution in [1.29, 1.82) is 0 Å². The molecular formula is C25H20N4O3S. The molecule has 0 atom stereocenters. The Morgan fingerprint density at radius 1 is 1.00 bits per heavy atom. The summed E-state index contributed by atoms with van der Waals surface area (Å²) in [6.45, 7) is 0. The van der Waals surface area contributed by atoms with Gasteiger partial charge in [0.1, 0.15) is 17.8 Å². The van der Waals surface area contributed by atoms with E-state index in [9.17, 15) is 4.79 Å². The van der Waals surface area contributed by atoms with Crippen molar-refractivity contribution in [2.45, 2.75) is 0 Å². The van der Waals surface area contributed by atoms with Gasteiger partial charge in [0.05, 0.1) is 30.9 Å². The summed E-state index contributed by atoms with van der Waals surface area (Å²) in [6, 6.07) is 20.8. The summed E-state index contributed by atoms with van der Waals surface area (Å²) >= 11 is 1.35. The second-order valence-corrected chi connectivity index (χ2v) is 8.07. The van der Waals surface area contributed by atoms with E-state index in [4.69, 9.17) is 9.47 Å². The fourth-order valence-electron chi connectivity index (χ4n) is 3.58. The summed E-state index contributed by atoms with van der Waals surface area (Å²) in [4.78, 5) is 21.8. The number of rotatable bonds is 6. The minimum atomic E-state index is -0.226. The largest absolute Gasteiger partial charge is 0.497 e. The molecule has 1 N–H and O–H groups in total. The van der Waals surface area contributed by atoms with E-state index in [-0.39, 0.29) is 5.91 Å². The Bertz CT molecular complexity index is 1440. The molecule has 0 saturated heterocycles. The number of amides is 1. The van der Waals surface area contributed by atoms with Crippen molar-refractivity contribution in [3.63, 3.8) is 0 Å². The molecule has 0 unspecified atom stereocenters. The van der Waals surface area contributed by atoms with Crippen LogP contribution in [0.4, 0.5) is 5.13 Å². The van der Waals surface area contributed by atoms with Crippen molar-refractivity contribution >= 4 is 33.4 Å². The fraction of sp³-hybridized carbons (Fsp3) is 0.0800. The van der Waals surface area contributed by atoms with E-state index in [1.54, 1.807) is 32.7 Å². The molecular weight excluding hydrogens is 436 g/mol. The minimum absolute atomic E-state index is 0.226. The molecule has 2 heterocycles. The lowest BCUT2D eigenvalue weighted by atomic mass is 10.1. The maximum absolute atomic E-state index is 12.8. The Kier molecular flexibility index (Phi) is 5.50. The Hall–Kier alpha value is -4.17. The van der Waals surface area contributed by atoms with Crippen molar-refractivity contribution < 1.29 is 14.3 Å². The Morgan fingerprint density at radius 3 is 2.61 bits per heavy atom. The third-order valence-corrected chi connectivity index (χ3v) is 6.03. The van der Waals surface area contributed by atoms with Gasteiger partial charge in [-0.3, -0.25) is 14.7 Å². The van der Waals surface area contributed by atoms with Gasteiger partial charge in [-0.2, -0.15) is 0 Å². The summed E-state index contributed by atoms with van der Waals surface area (Å²) in [5, 5.41) is 5.25. The normalized spacial score (nSPS) is 10.8. The molecule has 2 aromatic heterocycles. The van der Waals surface area contributed by atoms with E-state index in [0.717, 1.165) is 22.3 Å². The van der Waals surface area contributed by atoms with Crippen LogP contribution in [0.15, 0.2) is 78.4 Å². The number of nitrogens with zero attached hydrogens (tertiary/aromatic N) is 3. The van der Waals surface area contributed by atoms with Gasteiger partial charge < -0.3 is 9.47 Å². The van der Waals surface area contributed by atoms with E-state index in [1.807, 2.05) is 64.5 Å².